The van der Waals surface area contributed by atoms with Gasteiger partial charge in [-0.15, -0.1) is 0 Å². The Labute approximate surface area is 116 Å². The first kappa shape index (κ1) is 14.2. The van der Waals surface area contributed by atoms with Crippen LogP contribution in [0.25, 0.3) is 0 Å². The molecule has 0 radical (unpaired) electrons. The Bertz CT molecular complexity index is 538. The van der Waals surface area contributed by atoms with Crippen molar-refractivity contribution in [2.75, 3.05) is 19.8 Å². The molecule has 0 bridgehead atoms. The average molecular weight is 279 g/mol. The SMILES string of the molecule is CC(C)(CNC(=O)c1cccc2c1OCCO2)C(=O)O. The van der Waals surface area contributed by atoms with Crippen LogP contribution in [0.5, 0.6) is 11.5 Å². The van der Waals surface area contributed by atoms with Crippen LogP contribution in [-0.4, -0.2) is 36.7 Å². The summed E-state index contributed by atoms with van der Waals surface area (Å²) in [6.07, 6.45) is 0. The second-order valence-electron chi connectivity index (χ2n) is 5.20. The summed E-state index contributed by atoms with van der Waals surface area (Å²) in [7, 11) is 0. The van der Waals surface area contributed by atoms with E-state index in [4.69, 9.17) is 14.6 Å². The molecule has 1 aromatic rings. The number of hydrogen-bond acceptors (Lipinski definition) is 4. The number of para-hydroxylation sites is 1. The van der Waals surface area contributed by atoms with Gasteiger partial charge in [0.05, 0.1) is 11.0 Å². The van der Waals surface area contributed by atoms with E-state index in [1.54, 1.807) is 32.0 Å². The van der Waals surface area contributed by atoms with Crippen molar-refractivity contribution >= 4 is 11.9 Å². The first-order valence-electron chi connectivity index (χ1n) is 6.32. The highest BCUT2D eigenvalue weighted by atomic mass is 16.6. The molecule has 0 saturated carbocycles. The van der Waals surface area contributed by atoms with E-state index in [-0.39, 0.29) is 12.5 Å². The lowest BCUT2D eigenvalue weighted by Gasteiger charge is -2.22. The molecule has 108 valence electrons. The van der Waals surface area contributed by atoms with Crippen LogP contribution in [0.1, 0.15) is 24.2 Å². The van der Waals surface area contributed by atoms with Crippen molar-refractivity contribution in [2.45, 2.75) is 13.8 Å². The summed E-state index contributed by atoms with van der Waals surface area (Å²) >= 11 is 0. The molecule has 20 heavy (non-hydrogen) atoms. The van der Waals surface area contributed by atoms with Crippen molar-refractivity contribution in [1.82, 2.24) is 5.32 Å². The van der Waals surface area contributed by atoms with E-state index in [0.717, 1.165) is 0 Å². The van der Waals surface area contributed by atoms with Gasteiger partial charge in [-0.1, -0.05) is 6.07 Å². The predicted molar refractivity (Wildman–Crippen MR) is 71.2 cm³/mol. The molecular weight excluding hydrogens is 262 g/mol. The summed E-state index contributed by atoms with van der Waals surface area (Å²) in [5.74, 6) is -0.403. The number of amides is 1. The molecule has 6 heteroatoms. The highest BCUT2D eigenvalue weighted by Crippen LogP contribution is 2.33. The van der Waals surface area contributed by atoms with Crippen LogP contribution in [0.2, 0.25) is 0 Å². The molecule has 6 nitrogen and oxygen atoms in total. The van der Waals surface area contributed by atoms with Gasteiger partial charge in [-0.3, -0.25) is 9.59 Å². The van der Waals surface area contributed by atoms with Gasteiger partial charge in [-0.25, -0.2) is 0 Å². The zero-order chi connectivity index (χ0) is 14.8. The van der Waals surface area contributed by atoms with Gasteiger partial charge in [0.15, 0.2) is 11.5 Å². The number of hydrogen-bond donors (Lipinski definition) is 2. The number of benzene rings is 1. The van der Waals surface area contributed by atoms with Gasteiger partial charge in [0.25, 0.3) is 5.91 Å². The Morgan fingerprint density at radius 3 is 2.70 bits per heavy atom. The van der Waals surface area contributed by atoms with Gasteiger partial charge in [0.1, 0.15) is 13.2 Å². The molecule has 1 heterocycles. The predicted octanol–water partition coefficient (Wildman–Crippen LogP) is 1.30. The third kappa shape index (κ3) is 2.84. The van der Waals surface area contributed by atoms with Crippen LogP contribution in [0.15, 0.2) is 18.2 Å². The fourth-order valence-corrected chi connectivity index (χ4v) is 1.72. The smallest absolute Gasteiger partial charge is 0.310 e. The third-order valence-electron chi connectivity index (χ3n) is 3.08. The molecule has 1 aliphatic rings. The Morgan fingerprint density at radius 2 is 2.00 bits per heavy atom. The van der Waals surface area contributed by atoms with E-state index in [0.29, 0.717) is 30.3 Å². The Balaban J connectivity index is 2.12. The van der Waals surface area contributed by atoms with Gasteiger partial charge in [0, 0.05) is 6.54 Å². The van der Waals surface area contributed by atoms with Crippen molar-refractivity contribution in [3.8, 4) is 11.5 Å². The quantitative estimate of drug-likeness (QED) is 0.867. The maximum atomic E-state index is 12.1. The fourth-order valence-electron chi connectivity index (χ4n) is 1.72. The van der Waals surface area contributed by atoms with Gasteiger partial charge < -0.3 is 19.9 Å². The van der Waals surface area contributed by atoms with Crippen molar-refractivity contribution in [3.05, 3.63) is 23.8 Å². The number of nitrogens with one attached hydrogen (secondary N) is 1. The maximum absolute atomic E-state index is 12.1. The summed E-state index contributed by atoms with van der Waals surface area (Å²) in [6, 6.07) is 5.05. The number of carbonyl (C=O) groups excluding carboxylic acids is 1. The van der Waals surface area contributed by atoms with E-state index < -0.39 is 11.4 Å². The molecule has 0 aliphatic carbocycles. The summed E-state index contributed by atoms with van der Waals surface area (Å²) in [5, 5.41) is 11.6. The molecule has 2 rings (SSSR count). The minimum absolute atomic E-state index is 0.0334. The molecule has 0 fully saturated rings. The molecule has 2 N–H and O–H groups in total. The number of fused-ring (bicyclic) bond motifs is 1. The van der Waals surface area contributed by atoms with Crippen LogP contribution < -0.4 is 14.8 Å². The number of aliphatic carboxylic acids is 1. The molecular formula is C14H17NO5. The molecule has 1 aromatic carbocycles. The Hall–Kier alpha value is -2.24. The summed E-state index contributed by atoms with van der Waals surface area (Å²) in [6.45, 7) is 3.97. The fraction of sp³-hybridized carbons (Fsp3) is 0.429. The molecule has 0 atom stereocenters. The van der Waals surface area contributed by atoms with Crippen LogP contribution in [-0.2, 0) is 4.79 Å². The molecule has 0 aromatic heterocycles. The number of carboxylic acids is 1. The Morgan fingerprint density at radius 1 is 1.30 bits per heavy atom. The summed E-state index contributed by atoms with van der Waals surface area (Å²) < 4.78 is 10.9. The zero-order valence-corrected chi connectivity index (χ0v) is 11.4. The minimum atomic E-state index is -1.03. The number of rotatable bonds is 4. The number of carbonyl (C=O) groups is 2. The largest absolute Gasteiger partial charge is 0.486 e. The first-order chi connectivity index (χ1) is 9.42. The zero-order valence-electron chi connectivity index (χ0n) is 11.4. The molecule has 0 unspecified atom stereocenters. The lowest BCUT2D eigenvalue weighted by molar-refractivity contribution is -0.146. The van der Waals surface area contributed by atoms with Crippen LogP contribution in [0.3, 0.4) is 0 Å². The normalized spacial score (nSPS) is 13.7. The van der Waals surface area contributed by atoms with Crippen molar-refractivity contribution in [2.24, 2.45) is 5.41 Å². The first-order valence-corrected chi connectivity index (χ1v) is 6.32. The minimum Gasteiger partial charge on any atom is -0.486 e. The topological polar surface area (TPSA) is 84.9 Å². The van der Waals surface area contributed by atoms with Gasteiger partial charge >= 0.3 is 5.97 Å². The average Bonchev–Trinajstić information content (AvgIpc) is 2.44. The number of ether oxygens (including phenoxy) is 2. The maximum Gasteiger partial charge on any atom is 0.310 e. The van der Waals surface area contributed by atoms with E-state index >= 15 is 0 Å². The standard InChI is InChI=1S/C14H17NO5/c1-14(2,13(17)18)8-15-12(16)9-4-3-5-10-11(9)20-7-6-19-10/h3-5H,6-8H2,1-2H3,(H,15,16)(H,17,18). The molecule has 1 amide bonds. The lowest BCUT2D eigenvalue weighted by Crippen LogP contribution is -2.39. The summed E-state index contributed by atoms with van der Waals surface area (Å²) in [5.41, 5.74) is -0.676. The highest BCUT2D eigenvalue weighted by Gasteiger charge is 2.28. The molecule has 0 saturated heterocycles. The molecule has 0 spiro atoms. The monoisotopic (exact) mass is 279 g/mol. The van der Waals surface area contributed by atoms with Gasteiger partial charge in [-0.05, 0) is 26.0 Å². The Kier molecular flexibility index (Phi) is 3.83. The van der Waals surface area contributed by atoms with Crippen molar-refractivity contribution in [1.29, 1.82) is 0 Å². The summed E-state index contributed by atoms with van der Waals surface area (Å²) in [4.78, 5) is 23.2. The second kappa shape index (κ2) is 5.40. The van der Waals surface area contributed by atoms with Crippen LogP contribution >= 0.6 is 0 Å². The number of carboxylic acid groups (broad SMARTS) is 1. The second-order valence-corrected chi connectivity index (χ2v) is 5.20. The van der Waals surface area contributed by atoms with E-state index in [1.165, 1.54) is 0 Å². The van der Waals surface area contributed by atoms with E-state index in [2.05, 4.69) is 5.32 Å². The van der Waals surface area contributed by atoms with Gasteiger partial charge in [0.2, 0.25) is 0 Å². The van der Waals surface area contributed by atoms with Crippen LogP contribution in [0, 0.1) is 5.41 Å². The molecule has 1 aliphatic heterocycles. The van der Waals surface area contributed by atoms with Gasteiger partial charge in [-0.2, -0.15) is 0 Å². The van der Waals surface area contributed by atoms with Crippen LogP contribution in [0.4, 0.5) is 0 Å². The van der Waals surface area contributed by atoms with E-state index in [1.807, 2.05) is 0 Å². The third-order valence-corrected chi connectivity index (χ3v) is 3.08. The van der Waals surface area contributed by atoms with Crippen molar-refractivity contribution in [3.63, 3.8) is 0 Å². The van der Waals surface area contributed by atoms with E-state index in [9.17, 15) is 9.59 Å². The highest BCUT2D eigenvalue weighted by molar-refractivity contribution is 5.98. The lowest BCUT2D eigenvalue weighted by atomic mass is 9.94. The van der Waals surface area contributed by atoms with Crippen molar-refractivity contribution < 1.29 is 24.2 Å².